The fraction of sp³-hybridized carbons (Fsp3) is 0.467. The SMILES string of the molecule is COC(=O)c1ccc([N+](=O)[O-])c(N[C@H]2CCN(C(=O)OC(C)(C)C)C2)c1.COC(=O)c1ccc2[nH]c(=O)n([C@H]3CCNC3)c2c1.Cl. The molecular formula is C30H39ClN6O9. The number of imidazole rings is 1. The third-order valence-electron chi connectivity index (χ3n) is 7.35. The molecule has 2 aromatic carbocycles. The summed E-state index contributed by atoms with van der Waals surface area (Å²) in [6.45, 7) is 7.89. The van der Waals surface area contributed by atoms with Crippen molar-refractivity contribution < 1.29 is 33.5 Å². The Morgan fingerprint density at radius 1 is 1.02 bits per heavy atom. The number of H-pyrrole nitrogens is 1. The van der Waals surface area contributed by atoms with E-state index in [0.717, 1.165) is 30.5 Å². The summed E-state index contributed by atoms with van der Waals surface area (Å²) in [5.41, 5.74) is 1.51. The van der Waals surface area contributed by atoms with E-state index < -0.39 is 28.6 Å². The van der Waals surface area contributed by atoms with Crippen molar-refractivity contribution >= 4 is 52.8 Å². The Hall–Kier alpha value is -4.63. The van der Waals surface area contributed by atoms with E-state index >= 15 is 0 Å². The van der Waals surface area contributed by atoms with E-state index in [1.165, 1.54) is 32.4 Å². The standard InChI is InChI=1S/C17H23N3O6.C13H15N3O3.ClH/c1-17(2,3)26-16(22)19-8-7-12(10-19)18-13-9-11(15(21)25-4)5-6-14(13)20(23)24;1-19-12(17)8-2-3-10-11(6-8)16(13(18)15-10)9-4-5-14-7-9;/h5-6,9,12,18H,7-8,10H2,1-4H3;2-3,6,9,14H,4-5,7H2,1H3,(H,15,18);1H/t12-;9-;/m00./s1. The molecule has 46 heavy (non-hydrogen) atoms. The Morgan fingerprint density at radius 3 is 2.26 bits per heavy atom. The van der Waals surface area contributed by atoms with Crippen LogP contribution in [0.5, 0.6) is 0 Å². The predicted molar refractivity (Wildman–Crippen MR) is 172 cm³/mol. The molecule has 250 valence electrons. The number of likely N-dealkylation sites (tertiary alicyclic amines) is 1. The minimum Gasteiger partial charge on any atom is -0.465 e. The quantitative estimate of drug-likeness (QED) is 0.150. The van der Waals surface area contributed by atoms with Gasteiger partial charge in [-0.2, -0.15) is 0 Å². The third-order valence-corrected chi connectivity index (χ3v) is 7.35. The first kappa shape index (κ1) is 35.8. The van der Waals surface area contributed by atoms with Crippen LogP contribution in [0.4, 0.5) is 16.2 Å². The molecule has 2 saturated heterocycles. The van der Waals surface area contributed by atoms with Crippen LogP contribution in [0, 0.1) is 10.1 Å². The molecule has 0 bridgehead atoms. The maximum absolute atomic E-state index is 12.1. The number of carbonyl (C=O) groups excluding carboxylic acids is 3. The lowest BCUT2D eigenvalue weighted by Crippen LogP contribution is -2.36. The average Bonchev–Trinajstić information content (AvgIpc) is 3.75. The van der Waals surface area contributed by atoms with Crippen LogP contribution in [-0.4, -0.2) is 89.4 Å². The lowest BCUT2D eigenvalue weighted by molar-refractivity contribution is -0.384. The van der Waals surface area contributed by atoms with Crippen molar-refractivity contribution in [2.45, 2.75) is 51.3 Å². The number of esters is 2. The van der Waals surface area contributed by atoms with Gasteiger partial charge in [0.15, 0.2) is 0 Å². The number of ether oxygens (including phenoxy) is 3. The second-order valence-electron chi connectivity index (χ2n) is 11.7. The number of anilines is 1. The molecule has 2 aliphatic rings. The molecule has 3 N–H and O–H groups in total. The highest BCUT2D eigenvalue weighted by Gasteiger charge is 2.31. The molecule has 1 aromatic heterocycles. The normalized spacial score (nSPS) is 17.4. The van der Waals surface area contributed by atoms with E-state index in [4.69, 9.17) is 9.47 Å². The number of hydrogen-bond donors (Lipinski definition) is 3. The number of nitro groups is 1. The van der Waals surface area contributed by atoms with Gasteiger partial charge in [-0.3, -0.25) is 14.7 Å². The van der Waals surface area contributed by atoms with Gasteiger partial charge in [0.1, 0.15) is 11.3 Å². The smallest absolute Gasteiger partial charge is 0.410 e. The first-order valence-electron chi connectivity index (χ1n) is 14.5. The van der Waals surface area contributed by atoms with Gasteiger partial charge in [0, 0.05) is 31.7 Å². The fourth-order valence-corrected chi connectivity index (χ4v) is 5.23. The number of benzene rings is 2. The molecule has 2 atom stereocenters. The summed E-state index contributed by atoms with van der Waals surface area (Å²) in [6, 6.07) is 9.04. The predicted octanol–water partition coefficient (Wildman–Crippen LogP) is 3.88. The summed E-state index contributed by atoms with van der Waals surface area (Å²) in [5, 5.41) is 17.5. The van der Waals surface area contributed by atoms with E-state index in [1.54, 1.807) is 48.4 Å². The molecule has 0 saturated carbocycles. The summed E-state index contributed by atoms with van der Waals surface area (Å²) >= 11 is 0. The first-order valence-corrected chi connectivity index (χ1v) is 14.5. The van der Waals surface area contributed by atoms with E-state index in [-0.39, 0.29) is 47.1 Å². The Kier molecular flexibility index (Phi) is 11.8. The van der Waals surface area contributed by atoms with Gasteiger partial charge in [0.05, 0.1) is 47.3 Å². The molecule has 2 aliphatic heterocycles. The highest BCUT2D eigenvalue weighted by atomic mass is 35.5. The van der Waals surface area contributed by atoms with Gasteiger partial charge in [-0.15, -0.1) is 12.4 Å². The second kappa shape index (κ2) is 15.1. The van der Waals surface area contributed by atoms with Gasteiger partial charge in [-0.1, -0.05) is 0 Å². The zero-order valence-corrected chi connectivity index (χ0v) is 27.1. The van der Waals surface area contributed by atoms with Gasteiger partial charge < -0.3 is 34.7 Å². The van der Waals surface area contributed by atoms with Crippen LogP contribution in [0.15, 0.2) is 41.2 Å². The molecule has 0 radical (unpaired) electrons. The van der Waals surface area contributed by atoms with E-state index in [2.05, 4.69) is 20.4 Å². The highest BCUT2D eigenvalue weighted by Crippen LogP contribution is 2.28. The topological polar surface area (TPSA) is 187 Å². The van der Waals surface area contributed by atoms with Gasteiger partial charge >= 0.3 is 23.7 Å². The number of nitrogens with one attached hydrogen (secondary N) is 3. The van der Waals surface area contributed by atoms with Crippen LogP contribution in [0.2, 0.25) is 0 Å². The minimum absolute atomic E-state index is 0. The van der Waals surface area contributed by atoms with Gasteiger partial charge in [-0.25, -0.2) is 19.2 Å². The summed E-state index contributed by atoms with van der Waals surface area (Å²) in [7, 11) is 2.59. The Balaban J connectivity index is 0.000000255. The first-order chi connectivity index (χ1) is 21.3. The molecule has 3 aromatic rings. The van der Waals surface area contributed by atoms with Crippen molar-refractivity contribution in [3.05, 3.63) is 68.1 Å². The number of hydrogen-bond acceptors (Lipinski definition) is 11. The fourth-order valence-electron chi connectivity index (χ4n) is 5.23. The minimum atomic E-state index is -0.587. The van der Waals surface area contributed by atoms with E-state index in [0.29, 0.717) is 25.1 Å². The van der Waals surface area contributed by atoms with Crippen molar-refractivity contribution in [1.82, 2.24) is 19.8 Å². The number of rotatable bonds is 6. The van der Waals surface area contributed by atoms with Crippen molar-refractivity contribution in [3.8, 4) is 0 Å². The van der Waals surface area contributed by atoms with Crippen molar-refractivity contribution in [3.63, 3.8) is 0 Å². The largest absolute Gasteiger partial charge is 0.465 e. The summed E-state index contributed by atoms with van der Waals surface area (Å²) in [5.74, 6) is -0.976. The molecule has 5 rings (SSSR count). The highest BCUT2D eigenvalue weighted by molar-refractivity contribution is 5.93. The van der Waals surface area contributed by atoms with Crippen LogP contribution in [0.25, 0.3) is 11.0 Å². The number of amides is 1. The molecule has 1 amide bonds. The third kappa shape index (κ3) is 8.54. The summed E-state index contributed by atoms with van der Waals surface area (Å²) < 4.78 is 16.4. The number of aromatic nitrogens is 2. The Morgan fingerprint density at radius 2 is 1.67 bits per heavy atom. The Bertz CT molecular complexity index is 1640. The van der Waals surface area contributed by atoms with Gasteiger partial charge in [-0.05, 0) is 70.5 Å². The van der Waals surface area contributed by atoms with Crippen molar-refractivity contribution in [1.29, 1.82) is 0 Å². The van der Waals surface area contributed by atoms with Crippen molar-refractivity contribution in [2.75, 3.05) is 45.7 Å². The summed E-state index contributed by atoms with van der Waals surface area (Å²) in [4.78, 5) is 62.5. The molecular weight excluding hydrogens is 624 g/mol. The van der Waals surface area contributed by atoms with E-state index in [9.17, 15) is 29.3 Å². The maximum atomic E-state index is 12.1. The summed E-state index contributed by atoms with van der Waals surface area (Å²) in [6.07, 6.45) is 1.10. The molecule has 3 heterocycles. The Labute approximate surface area is 271 Å². The monoisotopic (exact) mass is 662 g/mol. The van der Waals surface area contributed by atoms with Gasteiger partial charge in [0.25, 0.3) is 5.69 Å². The number of halogens is 1. The van der Waals surface area contributed by atoms with Gasteiger partial charge in [0.2, 0.25) is 0 Å². The van der Waals surface area contributed by atoms with Crippen LogP contribution < -0.4 is 16.3 Å². The van der Waals surface area contributed by atoms with Crippen LogP contribution >= 0.6 is 12.4 Å². The molecule has 2 fully saturated rings. The van der Waals surface area contributed by atoms with Crippen LogP contribution in [0.1, 0.15) is 60.4 Å². The number of methoxy groups -OCH3 is 2. The number of carbonyl (C=O) groups is 3. The molecule has 0 spiro atoms. The lowest BCUT2D eigenvalue weighted by atomic mass is 10.1. The number of aromatic amines is 1. The van der Waals surface area contributed by atoms with Crippen molar-refractivity contribution in [2.24, 2.45) is 0 Å². The maximum Gasteiger partial charge on any atom is 0.410 e. The average molecular weight is 663 g/mol. The number of fused-ring (bicyclic) bond motifs is 1. The van der Waals surface area contributed by atoms with E-state index in [1.807, 2.05) is 0 Å². The lowest BCUT2D eigenvalue weighted by Gasteiger charge is -2.24. The number of nitrogens with zero attached hydrogens (tertiary/aromatic N) is 3. The number of nitro benzene ring substituents is 1. The molecule has 16 heteroatoms. The molecule has 15 nitrogen and oxygen atoms in total. The molecule has 0 unspecified atom stereocenters. The zero-order valence-electron chi connectivity index (χ0n) is 26.3. The van der Waals surface area contributed by atoms with Crippen LogP contribution in [-0.2, 0) is 14.2 Å². The zero-order chi connectivity index (χ0) is 32.9. The second-order valence-corrected chi connectivity index (χ2v) is 11.7. The molecule has 0 aliphatic carbocycles. The van der Waals surface area contributed by atoms with Crippen LogP contribution in [0.3, 0.4) is 0 Å².